The van der Waals surface area contributed by atoms with Crippen LogP contribution in [0.5, 0.6) is 11.5 Å². The molecule has 0 aliphatic carbocycles. The Hall–Kier alpha value is -4.02. The van der Waals surface area contributed by atoms with Crippen molar-refractivity contribution >= 4 is 0 Å². The second-order valence-electron chi connectivity index (χ2n) is 7.07. The van der Waals surface area contributed by atoms with Crippen molar-refractivity contribution in [2.45, 2.75) is 20.1 Å². The Bertz CT molecular complexity index is 1310. The lowest BCUT2D eigenvalue weighted by molar-refractivity contribution is -0.0508. The van der Waals surface area contributed by atoms with Crippen LogP contribution in [-0.2, 0) is 20.7 Å². The first-order valence-electron chi connectivity index (χ1n) is 9.63. The van der Waals surface area contributed by atoms with Gasteiger partial charge in [-0.3, -0.25) is 4.68 Å². The lowest BCUT2D eigenvalue weighted by Crippen LogP contribution is -2.23. The van der Waals surface area contributed by atoms with E-state index in [2.05, 4.69) is 20.3 Å². The average molecular weight is 442 g/mol. The van der Waals surface area contributed by atoms with Crippen molar-refractivity contribution in [3.8, 4) is 28.4 Å². The Balaban J connectivity index is 1.66. The number of halogens is 2. The summed E-state index contributed by atoms with van der Waals surface area (Å²) in [6.07, 6.45) is 1.85. The van der Waals surface area contributed by atoms with Crippen LogP contribution >= 0.6 is 0 Å². The molecule has 0 N–H and O–H groups in total. The van der Waals surface area contributed by atoms with E-state index in [4.69, 9.17) is 4.74 Å². The van der Waals surface area contributed by atoms with Gasteiger partial charge in [-0.05, 0) is 59.3 Å². The van der Waals surface area contributed by atoms with Crippen LogP contribution < -0.4 is 15.2 Å². The molecular formula is C21H20F2N6O3. The highest BCUT2D eigenvalue weighted by molar-refractivity contribution is 5.61. The molecule has 166 valence electrons. The number of nitrogens with zero attached hydrogens (tertiary/aromatic N) is 6. The van der Waals surface area contributed by atoms with Crippen molar-refractivity contribution in [1.29, 1.82) is 0 Å². The maximum Gasteiger partial charge on any atom is 0.387 e. The normalized spacial score (nSPS) is 11.2. The van der Waals surface area contributed by atoms with Gasteiger partial charge in [-0.2, -0.15) is 23.2 Å². The van der Waals surface area contributed by atoms with Gasteiger partial charge in [0.25, 0.3) is 0 Å². The highest BCUT2D eigenvalue weighted by atomic mass is 19.3. The zero-order valence-corrected chi connectivity index (χ0v) is 17.6. The monoisotopic (exact) mass is 442 g/mol. The lowest BCUT2D eigenvalue weighted by atomic mass is 10.1. The molecule has 0 unspecified atom stereocenters. The third-order valence-electron chi connectivity index (χ3n) is 4.83. The molecule has 0 aliphatic rings. The standard InChI is InChI=1S/C21H20F2N6O3/c1-13-11-14(16-9-10-27(2)24-16)7-8-18(13)31-12-15-17(29-21(30)28(3)25-26-29)5-4-6-19(15)32-20(22)23/h4-11,20H,12H2,1-3H3. The van der Waals surface area contributed by atoms with E-state index in [1.54, 1.807) is 16.8 Å². The molecule has 0 saturated heterocycles. The summed E-state index contributed by atoms with van der Waals surface area (Å²) < 4.78 is 40.3. The van der Waals surface area contributed by atoms with Gasteiger partial charge < -0.3 is 9.47 Å². The van der Waals surface area contributed by atoms with Gasteiger partial charge in [0.1, 0.15) is 18.1 Å². The summed E-state index contributed by atoms with van der Waals surface area (Å²) in [5.41, 5.74) is 2.52. The maximum absolute atomic E-state index is 13.0. The van der Waals surface area contributed by atoms with Crippen LogP contribution in [0.1, 0.15) is 11.1 Å². The van der Waals surface area contributed by atoms with E-state index in [0.717, 1.165) is 26.2 Å². The third kappa shape index (κ3) is 4.22. The molecule has 0 atom stereocenters. The maximum atomic E-state index is 13.0. The van der Waals surface area contributed by atoms with Gasteiger partial charge in [0, 0.05) is 25.9 Å². The highest BCUT2D eigenvalue weighted by Crippen LogP contribution is 2.30. The molecule has 0 amide bonds. The van der Waals surface area contributed by atoms with Gasteiger partial charge in [-0.1, -0.05) is 6.07 Å². The van der Waals surface area contributed by atoms with Crippen LogP contribution in [0.25, 0.3) is 16.9 Å². The quantitative estimate of drug-likeness (QED) is 0.437. The van der Waals surface area contributed by atoms with Crippen LogP contribution in [0.2, 0.25) is 0 Å². The predicted octanol–water partition coefficient (Wildman–Crippen LogP) is 2.86. The van der Waals surface area contributed by atoms with E-state index < -0.39 is 12.3 Å². The minimum atomic E-state index is -3.04. The molecule has 32 heavy (non-hydrogen) atoms. The first-order valence-corrected chi connectivity index (χ1v) is 9.63. The minimum Gasteiger partial charge on any atom is -0.488 e. The van der Waals surface area contributed by atoms with Crippen LogP contribution in [0, 0.1) is 6.92 Å². The predicted molar refractivity (Wildman–Crippen MR) is 111 cm³/mol. The molecule has 0 bridgehead atoms. The fourth-order valence-corrected chi connectivity index (χ4v) is 3.26. The molecule has 0 fully saturated rings. The topological polar surface area (TPSA) is 89.0 Å². The molecule has 4 aromatic rings. The van der Waals surface area contributed by atoms with Gasteiger partial charge in [0.05, 0.1) is 16.9 Å². The Morgan fingerprint density at radius 2 is 1.88 bits per heavy atom. The smallest absolute Gasteiger partial charge is 0.387 e. The number of aryl methyl sites for hydroxylation is 3. The highest BCUT2D eigenvalue weighted by Gasteiger charge is 2.19. The van der Waals surface area contributed by atoms with Crippen molar-refractivity contribution in [2.24, 2.45) is 14.1 Å². The Morgan fingerprint density at radius 1 is 1.06 bits per heavy atom. The van der Waals surface area contributed by atoms with E-state index >= 15 is 0 Å². The second kappa shape index (κ2) is 8.61. The molecule has 0 radical (unpaired) electrons. The van der Waals surface area contributed by atoms with Crippen LogP contribution in [0.15, 0.2) is 53.5 Å². The summed E-state index contributed by atoms with van der Waals surface area (Å²) in [7, 11) is 3.28. The lowest BCUT2D eigenvalue weighted by Gasteiger charge is -2.16. The summed E-state index contributed by atoms with van der Waals surface area (Å²) in [4.78, 5) is 12.3. The number of alkyl halides is 2. The fourth-order valence-electron chi connectivity index (χ4n) is 3.26. The van der Waals surface area contributed by atoms with Gasteiger partial charge in [-0.15, -0.1) is 0 Å². The van der Waals surface area contributed by atoms with Crippen LogP contribution in [-0.4, -0.2) is 36.2 Å². The Kier molecular flexibility index (Phi) is 5.71. The Morgan fingerprint density at radius 3 is 2.50 bits per heavy atom. The molecule has 0 aliphatic heterocycles. The molecule has 0 saturated carbocycles. The van der Waals surface area contributed by atoms with E-state index in [0.29, 0.717) is 5.75 Å². The van der Waals surface area contributed by atoms with Crippen molar-refractivity contribution < 1.29 is 18.3 Å². The summed E-state index contributed by atoms with van der Waals surface area (Å²) in [5, 5.41) is 11.9. The molecule has 9 nitrogen and oxygen atoms in total. The summed E-state index contributed by atoms with van der Waals surface area (Å²) in [6, 6.07) is 11.9. The van der Waals surface area contributed by atoms with Crippen LogP contribution in [0.3, 0.4) is 0 Å². The van der Waals surface area contributed by atoms with Crippen molar-refractivity contribution in [2.75, 3.05) is 0 Å². The number of hydrogen-bond donors (Lipinski definition) is 0. The van der Waals surface area contributed by atoms with E-state index in [1.807, 2.05) is 38.4 Å². The summed E-state index contributed by atoms with van der Waals surface area (Å²) >= 11 is 0. The average Bonchev–Trinajstić information content (AvgIpc) is 3.33. The van der Waals surface area contributed by atoms with Crippen LogP contribution in [0.4, 0.5) is 8.78 Å². The van der Waals surface area contributed by atoms with E-state index in [9.17, 15) is 13.6 Å². The van der Waals surface area contributed by atoms with Gasteiger partial charge in [0.2, 0.25) is 0 Å². The van der Waals surface area contributed by atoms with Gasteiger partial charge in [-0.25, -0.2) is 4.79 Å². The first-order chi connectivity index (χ1) is 15.3. The van der Waals surface area contributed by atoms with Gasteiger partial charge in [0.15, 0.2) is 0 Å². The molecular weight excluding hydrogens is 422 g/mol. The Labute approximate surface area is 181 Å². The number of rotatable bonds is 7. The fraction of sp³-hybridized carbons (Fsp3) is 0.238. The number of hydrogen-bond acceptors (Lipinski definition) is 6. The first kappa shape index (κ1) is 21.2. The second-order valence-corrected chi connectivity index (χ2v) is 7.07. The largest absolute Gasteiger partial charge is 0.488 e. The molecule has 0 spiro atoms. The molecule has 2 aromatic carbocycles. The summed E-state index contributed by atoms with van der Waals surface area (Å²) in [6.45, 7) is -1.30. The molecule has 4 rings (SSSR count). The van der Waals surface area contributed by atoms with E-state index in [-0.39, 0.29) is 23.6 Å². The SMILES string of the molecule is Cc1cc(-c2ccn(C)n2)ccc1OCc1c(OC(F)F)cccc1-n1nnn(C)c1=O. The van der Waals surface area contributed by atoms with Crippen molar-refractivity contribution in [3.05, 3.63) is 70.3 Å². The number of benzene rings is 2. The molecule has 2 heterocycles. The van der Waals surface area contributed by atoms with Crippen molar-refractivity contribution in [1.82, 2.24) is 29.6 Å². The van der Waals surface area contributed by atoms with Gasteiger partial charge >= 0.3 is 12.3 Å². The van der Waals surface area contributed by atoms with Crippen molar-refractivity contribution in [3.63, 3.8) is 0 Å². The number of aromatic nitrogens is 6. The van der Waals surface area contributed by atoms with E-state index in [1.165, 1.54) is 19.2 Å². The molecule has 2 aromatic heterocycles. The molecule has 11 heteroatoms. The minimum absolute atomic E-state index is 0.113. The summed E-state index contributed by atoms with van der Waals surface area (Å²) in [5.74, 6) is 0.437. The number of ether oxygens (including phenoxy) is 2. The third-order valence-corrected chi connectivity index (χ3v) is 4.83. The number of tetrazole rings is 1. The zero-order chi connectivity index (χ0) is 22.8. The zero-order valence-electron chi connectivity index (χ0n) is 17.6.